The Morgan fingerprint density at radius 2 is 2.10 bits per heavy atom. The highest BCUT2D eigenvalue weighted by atomic mass is 32.1. The lowest BCUT2D eigenvalue weighted by Gasteiger charge is -2.16. The van der Waals surface area contributed by atoms with Gasteiger partial charge in [0, 0.05) is 11.0 Å². The van der Waals surface area contributed by atoms with Crippen LogP contribution in [0, 0.1) is 5.92 Å². The summed E-state index contributed by atoms with van der Waals surface area (Å²) in [5, 5.41) is 8.09. The molecule has 0 bridgehead atoms. The quantitative estimate of drug-likeness (QED) is 0.490. The van der Waals surface area contributed by atoms with Crippen molar-refractivity contribution < 1.29 is 9.59 Å². The molecule has 0 fully saturated rings. The topological polar surface area (TPSA) is 88.9 Å². The predicted molar refractivity (Wildman–Crippen MR) is 116 cm³/mol. The lowest BCUT2D eigenvalue weighted by Crippen LogP contribution is -2.40. The van der Waals surface area contributed by atoms with Gasteiger partial charge in [-0.3, -0.25) is 20.4 Å². The number of fused-ring (bicyclic) bond motifs is 1. The van der Waals surface area contributed by atoms with Gasteiger partial charge >= 0.3 is 0 Å². The van der Waals surface area contributed by atoms with E-state index in [2.05, 4.69) is 28.1 Å². The second kappa shape index (κ2) is 9.04. The normalized spacial score (nSPS) is 15.7. The maximum atomic E-state index is 12.3. The van der Waals surface area contributed by atoms with Crippen molar-refractivity contribution in [1.29, 1.82) is 0 Å². The summed E-state index contributed by atoms with van der Waals surface area (Å²) < 4.78 is 1.70. The molecule has 1 atom stereocenters. The van der Waals surface area contributed by atoms with Gasteiger partial charge in [-0.25, -0.2) is 4.68 Å². The molecule has 30 heavy (non-hydrogen) atoms. The molecule has 3 aromatic rings. The number of carbonyl (C=O) groups is 2. The molecule has 8 heteroatoms. The maximum Gasteiger partial charge on any atom is 0.279 e. The van der Waals surface area contributed by atoms with E-state index in [0.29, 0.717) is 23.0 Å². The molecule has 0 unspecified atom stereocenters. The van der Waals surface area contributed by atoms with Crippen LogP contribution in [0.4, 0.5) is 0 Å². The Bertz CT molecular complexity index is 1070. The van der Waals surface area contributed by atoms with E-state index in [-0.39, 0.29) is 5.91 Å². The van der Waals surface area contributed by atoms with Crippen molar-refractivity contribution in [1.82, 2.24) is 25.8 Å². The minimum atomic E-state index is -0.434. The fourth-order valence-corrected chi connectivity index (χ4v) is 4.54. The van der Waals surface area contributed by atoms with Crippen LogP contribution in [-0.2, 0) is 24.2 Å². The van der Waals surface area contributed by atoms with E-state index < -0.39 is 5.91 Å². The molecule has 1 aliphatic rings. The van der Waals surface area contributed by atoms with Gasteiger partial charge in [0.2, 0.25) is 0 Å². The lowest BCUT2D eigenvalue weighted by molar-refractivity contribution is -0.117. The second-order valence-electron chi connectivity index (χ2n) is 7.51. The number of aromatic nitrogens is 3. The molecule has 7 nitrogen and oxygen atoms in total. The molecule has 0 saturated carbocycles. The number of benzene rings is 1. The third kappa shape index (κ3) is 5.01. The highest BCUT2D eigenvalue weighted by molar-refractivity contribution is 7.14. The van der Waals surface area contributed by atoms with Crippen LogP contribution in [0.5, 0.6) is 0 Å². The molecular weight excluding hydrogens is 398 g/mol. The average molecular weight is 422 g/mol. The molecule has 2 aromatic heterocycles. The van der Waals surface area contributed by atoms with E-state index >= 15 is 0 Å². The fraction of sp³-hybridized carbons (Fsp3) is 0.273. The first-order chi connectivity index (χ1) is 14.6. The first-order valence-electron chi connectivity index (χ1n) is 9.91. The first-order valence-corrected chi connectivity index (χ1v) is 10.7. The van der Waals surface area contributed by atoms with Gasteiger partial charge in [0.05, 0.1) is 17.6 Å². The highest BCUT2D eigenvalue weighted by Crippen LogP contribution is 2.32. The predicted octanol–water partition coefficient (Wildman–Crippen LogP) is 2.99. The van der Waals surface area contributed by atoms with Crippen LogP contribution in [0.2, 0.25) is 0 Å². The minimum absolute atomic E-state index is 0.294. The number of rotatable bonds is 5. The molecule has 2 amide bonds. The van der Waals surface area contributed by atoms with E-state index in [4.69, 9.17) is 0 Å². The molecule has 4 rings (SSSR count). The molecule has 1 aliphatic carbocycles. The SMILES string of the molecule is C[C@@H]1CCc2sc(C(=O)NNC(=O)/C=C/c3cn(Cc4ccccc4)nn3)cc2C1. The number of carbonyl (C=O) groups excluding carboxylic acids is 2. The molecule has 2 N–H and O–H groups in total. The Kier molecular flexibility index (Phi) is 6.04. The van der Waals surface area contributed by atoms with Crippen molar-refractivity contribution in [2.45, 2.75) is 32.7 Å². The summed E-state index contributed by atoms with van der Waals surface area (Å²) >= 11 is 1.51. The van der Waals surface area contributed by atoms with Gasteiger partial charge < -0.3 is 0 Å². The zero-order valence-corrected chi connectivity index (χ0v) is 17.5. The maximum absolute atomic E-state index is 12.3. The van der Waals surface area contributed by atoms with Crippen LogP contribution in [0.1, 0.15) is 44.7 Å². The van der Waals surface area contributed by atoms with Gasteiger partial charge in [-0.05, 0) is 48.4 Å². The average Bonchev–Trinajstić information content (AvgIpc) is 3.37. The first kappa shape index (κ1) is 20.0. The van der Waals surface area contributed by atoms with Gasteiger partial charge in [0.25, 0.3) is 11.8 Å². The standard InChI is InChI=1S/C22H23N5O2S/c1-15-7-9-19-17(11-15)12-20(30-19)22(29)25-24-21(28)10-8-18-14-27(26-23-18)13-16-5-3-2-4-6-16/h2-6,8,10,12,14-15H,7,9,11,13H2,1H3,(H,24,28)(H,25,29)/b10-8+/t15-/m1/s1. The van der Waals surface area contributed by atoms with Crippen molar-refractivity contribution in [2.75, 3.05) is 0 Å². The van der Waals surface area contributed by atoms with E-state index in [9.17, 15) is 9.59 Å². The molecule has 154 valence electrons. The van der Waals surface area contributed by atoms with Crippen LogP contribution < -0.4 is 10.9 Å². The Morgan fingerprint density at radius 1 is 1.27 bits per heavy atom. The van der Waals surface area contributed by atoms with Crippen molar-refractivity contribution >= 4 is 29.2 Å². The third-order valence-electron chi connectivity index (χ3n) is 5.00. The van der Waals surface area contributed by atoms with E-state index in [1.165, 1.54) is 27.9 Å². The number of hydrazine groups is 1. The molecular formula is C22H23N5O2S. The summed E-state index contributed by atoms with van der Waals surface area (Å²) in [7, 11) is 0. The largest absolute Gasteiger partial charge is 0.279 e. The van der Waals surface area contributed by atoms with Crippen LogP contribution >= 0.6 is 11.3 Å². The van der Waals surface area contributed by atoms with Gasteiger partial charge in [-0.2, -0.15) is 0 Å². The molecule has 0 spiro atoms. The van der Waals surface area contributed by atoms with Crippen LogP contribution in [0.25, 0.3) is 6.08 Å². The monoisotopic (exact) mass is 421 g/mol. The molecule has 0 radical (unpaired) electrons. The zero-order chi connectivity index (χ0) is 20.9. The number of thiophene rings is 1. The fourth-order valence-electron chi connectivity index (χ4n) is 3.44. The van der Waals surface area contributed by atoms with Crippen molar-refractivity contribution in [3.63, 3.8) is 0 Å². The molecule has 0 aliphatic heterocycles. The number of amides is 2. The van der Waals surface area contributed by atoms with E-state index in [0.717, 1.165) is 24.8 Å². The van der Waals surface area contributed by atoms with E-state index in [1.807, 2.05) is 36.4 Å². The van der Waals surface area contributed by atoms with Gasteiger partial charge in [-0.15, -0.1) is 16.4 Å². The van der Waals surface area contributed by atoms with Crippen molar-refractivity contribution in [2.24, 2.45) is 5.92 Å². The molecule has 2 heterocycles. The van der Waals surface area contributed by atoms with Crippen LogP contribution in [0.15, 0.2) is 48.7 Å². The number of hydrogen-bond donors (Lipinski definition) is 2. The zero-order valence-electron chi connectivity index (χ0n) is 16.7. The molecule has 0 saturated heterocycles. The highest BCUT2D eigenvalue weighted by Gasteiger charge is 2.20. The summed E-state index contributed by atoms with van der Waals surface area (Å²) in [5.41, 5.74) is 7.82. The summed E-state index contributed by atoms with van der Waals surface area (Å²) in [6, 6.07) is 11.9. The summed E-state index contributed by atoms with van der Waals surface area (Å²) in [4.78, 5) is 26.3. The van der Waals surface area contributed by atoms with Gasteiger partial charge in [-0.1, -0.05) is 42.5 Å². The number of aryl methyl sites for hydroxylation is 1. The van der Waals surface area contributed by atoms with Gasteiger partial charge in [0.1, 0.15) is 5.69 Å². The Morgan fingerprint density at radius 3 is 2.93 bits per heavy atom. The van der Waals surface area contributed by atoms with Crippen molar-refractivity contribution in [3.8, 4) is 0 Å². The van der Waals surface area contributed by atoms with Crippen molar-refractivity contribution in [3.05, 3.63) is 75.2 Å². The van der Waals surface area contributed by atoms with Crippen LogP contribution in [0.3, 0.4) is 0 Å². The van der Waals surface area contributed by atoms with Gasteiger partial charge in [0.15, 0.2) is 0 Å². The lowest BCUT2D eigenvalue weighted by atomic mass is 9.90. The van der Waals surface area contributed by atoms with E-state index in [1.54, 1.807) is 17.0 Å². The summed E-state index contributed by atoms with van der Waals surface area (Å²) in [6.07, 6.45) is 7.83. The number of nitrogens with one attached hydrogen (secondary N) is 2. The summed E-state index contributed by atoms with van der Waals surface area (Å²) in [5.74, 6) is -0.0768. The number of hydrogen-bond acceptors (Lipinski definition) is 5. The Hall–Kier alpha value is -3.26. The second-order valence-corrected chi connectivity index (χ2v) is 8.65. The Balaban J connectivity index is 1.28. The minimum Gasteiger partial charge on any atom is -0.268 e. The summed E-state index contributed by atoms with van der Waals surface area (Å²) in [6.45, 7) is 2.83. The van der Waals surface area contributed by atoms with Crippen LogP contribution in [-0.4, -0.2) is 26.8 Å². The molecule has 1 aromatic carbocycles. The smallest absolute Gasteiger partial charge is 0.268 e. The third-order valence-corrected chi connectivity index (χ3v) is 6.24. The Labute approximate surface area is 178 Å². The number of nitrogens with zero attached hydrogens (tertiary/aromatic N) is 3.